The molecule has 5 nitrogen and oxygen atoms in total. The van der Waals surface area contributed by atoms with Crippen molar-refractivity contribution in [1.82, 2.24) is 9.55 Å². The highest BCUT2D eigenvalue weighted by molar-refractivity contribution is 9.10. The first-order valence-electron chi connectivity index (χ1n) is 8.23. The highest BCUT2D eigenvalue weighted by Gasteiger charge is 2.22. The second-order valence-corrected chi connectivity index (χ2v) is 8.99. The van der Waals surface area contributed by atoms with E-state index in [4.69, 9.17) is 0 Å². The normalized spacial score (nSPS) is 13.2. The van der Waals surface area contributed by atoms with Crippen LogP contribution in [0.2, 0.25) is 0 Å². The van der Waals surface area contributed by atoms with Gasteiger partial charge in [-0.05, 0) is 52.9 Å². The highest BCUT2D eigenvalue weighted by Crippen LogP contribution is 2.35. The van der Waals surface area contributed by atoms with E-state index < -0.39 is 0 Å². The molecule has 8 heteroatoms. The average molecular weight is 450 g/mol. The van der Waals surface area contributed by atoms with Crippen LogP contribution in [0.25, 0.3) is 10.2 Å². The molecule has 1 aliphatic carbocycles. The van der Waals surface area contributed by atoms with Gasteiger partial charge in [-0.15, -0.1) is 11.3 Å². The first-order valence-corrected chi connectivity index (χ1v) is 10.8. The van der Waals surface area contributed by atoms with E-state index in [1.807, 2.05) is 24.3 Å². The number of amides is 1. The number of thiophene rings is 1. The Kier molecular flexibility index (Phi) is 4.90. The molecule has 1 aliphatic rings. The summed E-state index contributed by atoms with van der Waals surface area (Å²) in [5, 5.41) is 4.21. The molecule has 0 atom stereocenters. The first-order chi connectivity index (χ1) is 12.5. The van der Waals surface area contributed by atoms with Crippen LogP contribution >= 0.6 is 39.0 Å². The quantitative estimate of drug-likeness (QED) is 0.483. The van der Waals surface area contributed by atoms with Crippen molar-refractivity contribution in [3.63, 3.8) is 0 Å². The number of rotatable bonds is 4. The summed E-state index contributed by atoms with van der Waals surface area (Å²) in [6.45, 7) is 0. The van der Waals surface area contributed by atoms with Gasteiger partial charge in [0.1, 0.15) is 4.83 Å². The number of hydrogen-bond acceptors (Lipinski definition) is 5. The highest BCUT2D eigenvalue weighted by atomic mass is 79.9. The molecule has 134 valence electrons. The maximum Gasteiger partial charge on any atom is 0.262 e. The number of nitrogens with one attached hydrogen (secondary N) is 1. The number of nitrogens with zero attached hydrogens (tertiary/aromatic N) is 2. The van der Waals surface area contributed by atoms with E-state index in [0.29, 0.717) is 5.16 Å². The number of carbonyl (C=O) groups excluding carboxylic acids is 1. The largest absolute Gasteiger partial charge is 0.324 e. The monoisotopic (exact) mass is 449 g/mol. The van der Waals surface area contributed by atoms with Crippen LogP contribution in [-0.2, 0) is 24.7 Å². The Morgan fingerprint density at radius 1 is 1.38 bits per heavy atom. The molecule has 1 N–H and O–H groups in total. The minimum absolute atomic E-state index is 0.0110. The van der Waals surface area contributed by atoms with E-state index in [-0.39, 0.29) is 17.2 Å². The molecule has 1 amide bonds. The van der Waals surface area contributed by atoms with Crippen LogP contribution in [0.5, 0.6) is 0 Å². The first kappa shape index (κ1) is 17.8. The molecule has 0 saturated carbocycles. The maximum atomic E-state index is 12.8. The van der Waals surface area contributed by atoms with Gasteiger partial charge in [-0.1, -0.05) is 23.9 Å². The summed E-state index contributed by atoms with van der Waals surface area (Å²) in [5.41, 5.74) is 1.90. The molecule has 0 radical (unpaired) electrons. The molecule has 0 fully saturated rings. The molecule has 3 aromatic rings. The summed E-state index contributed by atoms with van der Waals surface area (Å²) in [6, 6.07) is 7.46. The van der Waals surface area contributed by atoms with Crippen LogP contribution in [0.4, 0.5) is 5.69 Å². The summed E-state index contributed by atoms with van der Waals surface area (Å²) in [4.78, 5) is 31.7. The van der Waals surface area contributed by atoms with E-state index in [1.54, 1.807) is 23.0 Å². The number of para-hydroxylation sites is 1. The summed E-state index contributed by atoms with van der Waals surface area (Å²) >= 11 is 6.31. The van der Waals surface area contributed by atoms with Gasteiger partial charge in [0, 0.05) is 16.4 Å². The van der Waals surface area contributed by atoms with Crippen molar-refractivity contribution < 1.29 is 4.79 Å². The Bertz CT molecular complexity index is 1070. The zero-order valence-corrected chi connectivity index (χ0v) is 17.3. The van der Waals surface area contributed by atoms with Crippen LogP contribution in [0.1, 0.15) is 16.9 Å². The molecule has 0 saturated heterocycles. The number of benzene rings is 1. The molecule has 2 heterocycles. The SMILES string of the molecule is Cn1c(SCC(=O)Nc2ccccc2Br)nc2sc3c(c2c1=O)CCC3. The number of hydrogen-bond donors (Lipinski definition) is 1. The van der Waals surface area contributed by atoms with E-state index in [0.717, 1.165) is 39.6 Å². The molecule has 4 rings (SSSR count). The van der Waals surface area contributed by atoms with Crippen LogP contribution in [0, 0.1) is 0 Å². The van der Waals surface area contributed by atoms with Gasteiger partial charge < -0.3 is 5.32 Å². The fraction of sp³-hybridized carbons (Fsp3) is 0.278. The molecule has 1 aromatic carbocycles. The summed E-state index contributed by atoms with van der Waals surface area (Å²) in [5.74, 6) is 0.0583. The summed E-state index contributed by atoms with van der Waals surface area (Å²) in [7, 11) is 1.72. The Balaban J connectivity index is 1.54. The van der Waals surface area contributed by atoms with Gasteiger partial charge >= 0.3 is 0 Å². The van der Waals surface area contributed by atoms with Gasteiger partial charge in [-0.25, -0.2) is 4.98 Å². The molecule has 2 aromatic heterocycles. The average Bonchev–Trinajstić information content (AvgIpc) is 3.19. The van der Waals surface area contributed by atoms with Crippen LogP contribution in [0.15, 0.2) is 38.7 Å². The summed E-state index contributed by atoms with van der Waals surface area (Å²) in [6.07, 6.45) is 3.12. The third-order valence-corrected chi connectivity index (χ3v) is 7.29. The van der Waals surface area contributed by atoms with Crippen molar-refractivity contribution >= 4 is 60.8 Å². The van der Waals surface area contributed by atoms with Crippen LogP contribution in [0.3, 0.4) is 0 Å². The molecule has 0 bridgehead atoms. The zero-order valence-electron chi connectivity index (χ0n) is 14.0. The Labute approximate surface area is 167 Å². The zero-order chi connectivity index (χ0) is 18.3. The smallest absolute Gasteiger partial charge is 0.262 e. The van der Waals surface area contributed by atoms with E-state index in [9.17, 15) is 9.59 Å². The third kappa shape index (κ3) is 3.21. The second-order valence-electron chi connectivity index (χ2n) is 6.11. The molecule has 0 aliphatic heterocycles. The van der Waals surface area contributed by atoms with Gasteiger partial charge in [-0.3, -0.25) is 14.2 Å². The predicted molar refractivity (Wildman–Crippen MR) is 110 cm³/mol. The lowest BCUT2D eigenvalue weighted by molar-refractivity contribution is -0.113. The standard InChI is InChI=1S/C18H16BrN3O2S2/c1-22-17(24)15-10-5-4-8-13(10)26-16(15)21-18(22)25-9-14(23)20-12-7-3-2-6-11(12)19/h2-3,6-7H,4-5,8-9H2,1H3,(H,20,23). The Morgan fingerprint density at radius 2 is 2.19 bits per heavy atom. The molecular weight excluding hydrogens is 434 g/mol. The van der Waals surface area contributed by atoms with Gasteiger partial charge in [-0.2, -0.15) is 0 Å². The van der Waals surface area contributed by atoms with Crippen molar-refractivity contribution in [3.8, 4) is 0 Å². The van der Waals surface area contributed by atoms with Crippen LogP contribution < -0.4 is 10.9 Å². The Hall–Kier alpha value is -1.64. The predicted octanol–water partition coefficient (Wildman–Crippen LogP) is 3.98. The van der Waals surface area contributed by atoms with Crippen molar-refractivity contribution in [3.05, 3.63) is 49.5 Å². The number of anilines is 1. The van der Waals surface area contributed by atoms with Crippen molar-refractivity contribution in [2.75, 3.05) is 11.1 Å². The lowest BCUT2D eigenvalue weighted by Gasteiger charge is -2.09. The van der Waals surface area contributed by atoms with Crippen molar-refractivity contribution in [2.45, 2.75) is 24.4 Å². The fourth-order valence-electron chi connectivity index (χ4n) is 3.11. The fourth-order valence-corrected chi connectivity index (χ4v) is 5.57. The number of aryl methyl sites for hydroxylation is 2. The minimum Gasteiger partial charge on any atom is -0.324 e. The van der Waals surface area contributed by atoms with E-state index >= 15 is 0 Å². The van der Waals surface area contributed by atoms with Gasteiger partial charge in [0.2, 0.25) is 5.91 Å². The number of aromatic nitrogens is 2. The Morgan fingerprint density at radius 3 is 3.00 bits per heavy atom. The maximum absolute atomic E-state index is 12.8. The van der Waals surface area contributed by atoms with E-state index in [1.165, 1.54) is 22.2 Å². The molecule has 0 spiro atoms. The van der Waals surface area contributed by atoms with Crippen molar-refractivity contribution in [1.29, 1.82) is 0 Å². The number of halogens is 1. The summed E-state index contributed by atoms with van der Waals surface area (Å²) < 4.78 is 2.39. The van der Waals surface area contributed by atoms with Gasteiger partial charge in [0.25, 0.3) is 5.56 Å². The van der Waals surface area contributed by atoms with Gasteiger partial charge in [0.05, 0.1) is 16.8 Å². The number of carbonyl (C=O) groups is 1. The molecule has 0 unspecified atom stereocenters. The minimum atomic E-state index is -0.134. The van der Waals surface area contributed by atoms with Crippen LogP contribution in [-0.4, -0.2) is 21.2 Å². The lowest BCUT2D eigenvalue weighted by atomic mass is 10.2. The molecular formula is C18H16BrN3O2S2. The third-order valence-electron chi connectivity index (χ3n) is 4.39. The lowest BCUT2D eigenvalue weighted by Crippen LogP contribution is -2.21. The second kappa shape index (κ2) is 7.17. The molecule has 26 heavy (non-hydrogen) atoms. The van der Waals surface area contributed by atoms with Gasteiger partial charge in [0.15, 0.2) is 5.16 Å². The van der Waals surface area contributed by atoms with Crippen molar-refractivity contribution in [2.24, 2.45) is 7.05 Å². The topological polar surface area (TPSA) is 64.0 Å². The van der Waals surface area contributed by atoms with E-state index in [2.05, 4.69) is 26.2 Å². The number of thioether (sulfide) groups is 1. The number of fused-ring (bicyclic) bond motifs is 3.